The highest BCUT2D eigenvalue weighted by atomic mass is 16.8. The maximum Gasteiger partial charge on any atom is 0.297 e. The first-order chi connectivity index (χ1) is 9.13. The van der Waals surface area contributed by atoms with Gasteiger partial charge in [0.2, 0.25) is 0 Å². The average molecular weight is 266 g/mol. The highest BCUT2D eigenvalue weighted by molar-refractivity contribution is 6.08. The minimum Gasteiger partial charge on any atom is -0.366 e. The lowest BCUT2D eigenvalue weighted by atomic mass is 9.94. The molecule has 0 aromatic rings. The van der Waals surface area contributed by atoms with Crippen molar-refractivity contribution in [3.8, 4) is 0 Å². The van der Waals surface area contributed by atoms with E-state index in [9.17, 15) is 15.2 Å². The fourth-order valence-corrected chi connectivity index (χ4v) is 2.63. The Labute approximate surface area is 109 Å². The van der Waals surface area contributed by atoms with Gasteiger partial charge in [0.1, 0.15) is 0 Å². The van der Waals surface area contributed by atoms with Crippen LogP contribution in [0.25, 0.3) is 0 Å². The van der Waals surface area contributed by atoms with Crippen LogP contribution >= 0.6 is 0 Å². The molecule has 0 amide bonds. The van der Waals surface area contributed by atoms with Gasteiger partial charge in [-0.15, -0.1) is 0 Å². The van der Waals surface area contributed by atoms with E-state index in [1.807, 2.05) is 4.90 Å². The van der Waals surface area contributed by atoms with Gasteiger partial charge in [0.05, 0.1) is 4.92 Å². The van der Waals surface area contributed by atoms with Gasteiger partial charge < -0.3 is 5.11 Å². The fourth-order valence-electron chi connectivity index (χ4n) is 2.63. The van der Waals surface area contributed by atoms with E-state index in [-0.39, 0.29) is 17.1 Å². The summed E-state index contributed by atoms with van der Waals surface area (Å²) in [6, 6.07) is 0. The summed E-state index contributed by atoms with van der Waals surface area (Å²) in [6.45, 7) is 1.45. The molecular weight excluding hydrogens is 252 g/mol. The van der Waals surface area contributed by atoms with Crippen LogP contribution in [0.4, 0.5) is 0 Å². The largest absolute Gasteiger partial charge is 0.366 e. The number of aliphatic hydroxyl groups is 1. The van der Waals surface area contributed by atoms with E-state index in [1.54, 1.807) is 0 Å². The Kier molecular flexibility index (Phi) is 2.76. The van der Waals surface area contributed by atoms with Gasteiger partial charge in [-0.2, -0.15) is 5.48 Å². The Morgan fingerprint density at radius 3 is 2.89 bits per heavy atom. The first-order valence-electron chi connectivity index (χ1n) is 6.19. The lowest BCUT2D eigenvalue weighted by molar-refractivity contribution is -0.420. The molecule has 0 aromatic heterocycles. The highest BCUT2D eigenvalue weighted by Gasteiger charge is 2.48. The second kappa shape index (κ2) is 4.32. The van der Waals surface area contributed by atoms with Crippen molar-refractivity contribution in [3.05, 3.63) is 33.7 Å². The number of hydrogen-bond donors (Lipinski definition) is 2. The van der Waals surface area contributed by atoms with Crippen molar-refractivity contribution in [3.63, 3.8) is 0 Å². The van der Waals surface area contributed by atoms with Crippen LogP contribution < -0.4 is 5.48 Å². The first-order valence-corrected chi connectivity index (χ1v) is 6.19. The van der Waals surface area contributed by atoms with Crippen LogP contribution in [-0.2, 0) is 4.94 Å². The SMILES string of the molecule is O=[N+]([O-])C1=C2NON=C2C(O)(N2CCCCC2)C=C1. The molecule has 19 heavy (non-hydrogen) atoms. The van der Waals surface area contributed by atoms with Crippen LogP contribution in [0.2, 0.25) is 0 Å². The summed E-state index contributed by atoms with van der Waals surface area (Å²) >= 11 is 0. The zero-order valence-corrected chi connectivity index (χ0v) is 10.2. The highest BCUT2D eigenvalue weighted by Crippen LogP contribution is 2.31. The third-order valence-electron chi connectivity index (χ3n) is 3.63. The number of hydrogen-bond acceptors (Lipinski definition) is 7. The smallest absolute Gasteiger partial charge is 0.297 e. The van der Waals surface area contributed by atoms with Crippen molar-refractivity contribution in [2.75, 3.05) is 13.1 Å². The molecule has 0 aromatic carbocycles. The molecule has 0 bridgehead atoms. The van der Waals surface area contributed by atoms with Gasteiger partial charge in [-0.05, 0) is 18.9 Å². The zero-order chi connectivity index (χ0) is 13.5. The number of nitrogens with one attached hydrogen (secondary N) is 1. The number of oxime groups is 1. The van der Waals surface area contributed by atoms with Crippen LogP contribution in [0.5, 0.6) is 0 Å². The summed E-state index contributed by atoms with van der Waals surface area (Å²) in [4.78, 5) is 17.0. The molecule has 0 radical (unpaired) electrons. The summed E-state index contributed by atoms with van der Waals surface area (Å²) < 4.78 is 0. The van der Waals surface area contributed by atoms with E-state index in [2.05, 4.69) is 10.6 Å². The summed E-state index contributed by atoms with van der Waals surface area (Å²) in [5.41, 5.74) is 1.08. The van der Waals surface area contributed by atoms with Gasteiger partial charge in [-0.1, -0.05) is 11.6 Å². The Hall–Kier alpha value is -1.93. The molecule has 1 unspecified atom stereocenters. The van der Waals surface area contributed by atoms with Crippen molar-refractivity contribution < 1.29 is 15.0 Å². The molecule has 1 atom stereocenters. The zero-order valence-electron chi connectivity index (χ0n) is 10.2. The van der Waals surface area contributed by atoms with Gasteiger partial charge in [0.15, 0.2) is 17.1 Å². The van der Waals surface area contributed by atoms with Crippen molar-refractivity contribution >= 4 is 5.71 Å². The van der Waals surface area contributed by atoms with Crippen LogP contribution in [0.15, 0.2) is 28.7 Å². The number of nitro groups is 1. The van der Waals surface area contributed by atoms with Gasteiger partial charge in [0.25, 0.3) is 5.70 Å². The molecule has 1 fully saturated rings. The normalized spacial score (nSPS) is 30.5. The predicted molar refractivity (Wildman–Crippen MR) is 65.2 cm³/mol. The minimum absolute atomic E-state index is 0.126. The van der Waals surface area contributed by atoms with Crippen molar-refractivity contribution in [2.24, 2.45) is 5.16 Å². The molecule has 8 heteroatoms. The number of likely N-dealkylation sites (tertiary alicyclic amines) is 1. The summed E-state index contributed by atoms with van der Waals surface area (Å²) in [5, 5.41) is 25.5. The average Bonchev–Trinajstić information content (AvgIpc) is 2.90. The quantitative estimate of drug-likeness (QED) is 0.543. The van der Waals surface area contributed by atoms with Crippen LogP contribution in [0.3, 0.4) is 0 Å². The van der Waals surface area contributed by atoms with E-state index in [0.29, 0.717) is 0 Å². The molecule has 3 rings (SSSR count). The molecule has 2 N–H and O–H groups in total. The number of fused-ring (bicyclic) bond motifs is 1. The van der Waals surface area contributed by atoms with Crippen molar-refractivity contribution in [2.45, 2.75) is 25.0 Å². The molecule has 8 nitrogen and oxygen atoms in total. The number of nitrogens with zero attached hydrogens (tertiary/aromatic N) is 3. The maximum atomic E-state index is 10.9. The van der Waals surface area contributed by atoms with E-state index < -0.39 is 10.6 Å². The van der Waals surface area contributed by atoms with E-state index >= 15 is 0 Å². The first kappa shape index (κ1) is 12.1. The third kappa shape index (κ3) is 1.80. The molecular formula is C11H14N4O4. The van der Waals surface area contributed by atoms with Crippen LogP contribution in [-0.4, -0.2) is 39.5 Å². The molecule has 0 saturated carbocycles. The van der Waals surface area contributed by atoms with Crippen LogP contribution in [0.1, 0.15) is 19.3 Å². The Bertz CT molecular complexity index is 507. The Balaban J connectivity index is 1.98. The Morgan fingerprint density at radius 2 is 2.21 bits per heavy atom. The van der Waals surface area contributed by atoms with Gasteiger partial charge >= 0.3 is 0 Å². The predicted octanol–water partition coefficient (Wildman–Crippen LogP) is 0.110. The molecule has 1 saturated heterocycles. The molecule has 3 aliphatic rings. The minimum atomic E-state index is -1.43. The number of piperidine rings is 1. The fraction of sp³-hybridized carbons (Fsp3) is 0.545. The van der Waals surface area contributed by atoms with E-state index in [0.717, 1.165) is 32.4 Å². The van der Waals surface area contributed by atoms with Gasteiger partial charge in [0, 0.05) is 19.2 Å². The Morgan fingerprint density at radius 1 is 1.47 bits per heavy atom. The second-order valence-electron chi connectivity index (χ2n) is 4.76. The van der Waals surface area contributed by atoms with Crippen LogP contribution in [0, 0.1) is 10.1 Å². The van der Waals surface area contributed by atoms with Gasteiger partial charge in [-0.25, -0.2) is 0 Å². The maximum absolute atomic E-state index is 10.9. The molecule has 0 spiro atoms. The number of allylic oxidation sites excluding steroid dienone is 1. The van der Waals surface area contributed by atoms with Gasteiger partial charge in [-0.3, -0.25) is 20.0 Å². The molecule has 1 aliphatic carbocycles. The molecule has 2 aliphatic heterocycles. The van der Waals surface area contributed by atoms with Crippen molar-refractivity contribution in [1.82, 2.24) is 10.4 Å². The van der Waals surface area contributed by atoms with E-state index in [4.69, 9.17) is 4.94 Å². The lowest BCUT2D eigenvalue weighted by Crippen LogP contribution is -2.56. The monoisotopic (exact) mass is 266 g/mol. The van der Waals surface area contributed by atoms with Crippen molar-refractivity contribution in [1.29, 1.82) is 0 Å². The second-order valence-corrected chi connectivity index (χ2v) is 4.76. The summed E-state index contributed by atoms with van der Waals surface area (Å²) in [5.74, 6) is 0. The topological polar surface area (TPSA) is 100 Å². The third-order valence-corrected chi connectivity index (χ3v) is 3.63. The van der Waals surface area contributed by atoms with E-state index in [1.165, 1.54) is 12.2 Å². The standard InChI is InChI=1S/C11H14N4O4/c16-11(14-6-2-1-3-7-14)5-4-8(15(17)18)9-10(11)13-19-12-9/h4-5,12,16H,1-3,6-7H2. The summed E-state index contributed by atoms with van der Waals surface area (Å²) in [6.07, 6.45) is 5.80. The molecule has 102 valence electrons. The molecule has 2 heterocycles. The lowest BCUT2D eigenvalue weighted by Gasteiger charge is -2.39. The number of hydroxylamine groups is 1. The number of rotatable bonds is 2. The summed E-state index contributed by atoms with van der Waals surface area (Å²) in [7, 11) is 0.